The quantitative estimate of drug-likeness (QED) is 0.787. The molecular weight excluding hydrogens is 272 g/mol. The van der Waals surface area contributed by atoms with Crippen LogP contribution in [0.4, 0.5) is 4.79 Å². The lowest BCUT2D eigenvalue weighted by molar-refractivity contribution is -0.153. The molecule has 0 aromatic heterocycles. The van der Waals surface area contributed by atoms with Crippen molar-refractivity contribution in [1.29, 1.82) is 0 Å². The van der Waals surface area contributed by atoms with Crippen LogP contribution < -0.4 is 15.4 Å². The molecule has 1 aromatic rings. The van der Waals surface area contributed by atoms with Crippen LogP contribution in [0.5, 0.6) is 5.75 Å². The Hall–Kier alpha value is -2.24. The number of rotatable bonds is 4. The second-order valence-electron chi connectivity index (χ2n) is 5.67. The molecule has 1 aromatic carbocycles. The van der Waals surface area contributed by atoms with Gasteiger partial charge in [-0.1, -0.05) is 24.6 Å². The first-order valence-electron chi connectivity index (χ1n) is 7.10. The van der Waals surface area contributed by atoms with Gasteiger partial charge in [-0.3, -0.25) is 4.79 Å². The lowest BCUT2D eigenvalue weighted by atomic mass is 9.69. The molecule has 1 fully saturated rings. The Balaban J connectivity index is 1.55. The van der Waals surface area contributed by atoms with Crippen LogP contribution in [0.1, 0.15) is 30.9 Å². The standard InChI is InChI=1S/C15H18N2O4/c18-13(19)15(6-3-7-15)9-16-14(20)17-11-8-21-12-5-2-1-4-10(11)12/h1-2,4-5,11H,3,6-9H2,(H,18,19)(H2,16,17,20). The highest BCUT2D eigenvalue weighted by molar-refractivity contribution is 5.79. The van der Waals surface area contributed by atoms with Gasteiger partial charge in [0.1, 0.15) is 12.4 Å². The maximum atomic E-state index is 11.9. The highest BCUT2D eigenvalue weighted by Gasteiger charge is 2.44. The van der Waals surface area contributed by atoms with E-state index in [0.717, 1.165) is 17.7 Å². The van der Waals surface area contributed by atoms with E-state index in [4.69, 9.17) is 4.74 Å². The molecule has 0 saturated heterocycles. The summed E-state index contributed by atoms with van der Waals surface area (Å²) in [5.74, 6) is -0.0487. The third-order valence-electron chi connectivity index (χ3n) is 4.36. The van der Waals surface area contributed by atoms with Crippen LogP contribution in [0.25, 0.3) is 0 Å². The van der Waals surface area contributed by atoms with E-state index < -0.39 is 11.4 Å². The van der Waals surface area contributed by atoms with Gasteiger partial charge in [-0.2, -0.15) is 0 Å². The maximum absolute atomic E-state index is 11.9. The summed E-state index contributed by atoms with van der Waals surface area (Å²) < 4.78 is 5.49. The summed E-state index contributed by atoms with van der Waals surface area (Å²) in [4.78, 5) is 23.2. The first kappa shape index (κ1) is 13.7. The second kappa shape index (κ2) is 5.27. The Morgan fingerprint density at radius 1 is 1.33 bits per heavy atom. The Morgan fingerprint density at radius 3 is 2.76 bits per heavy atom. The lowest BCUT2D eigenvalue weighted by Crippen LogP contribution is -2.50. The molecule has 1 aliphatic heterocycles. The van der Waals surface area contributed by atoms with Crippen molar-refractivity contribution in [3.8, 4) is 5.75 Å². The molecule has 1 heterocycles. The zero-order valence-corrected chi connectivity index (χ0v) is 11.6. The van der Waals surface area contributed by atoms with Crippen molar-refractivity contribution in [3.63, 3.8) is 0 Å². The molecule has 6 nitrogen and oxygen atoms in total. The largest absolute Gasteiger partial charge is 0.491 e. The minimum atomic E-state index is -0.830. The van der Waals surface area contributed by atoms with Crippen LogP contribution in [0, 0.1) is 5.41 Å². The molecule has 1 saturated carbocycles. The predicted octanol–water partition coefficient (Wildman–Crippen LogP) is 1.67. The predicted molar refractivity (Wildman–Crippen MR) is 75.1 cm³/mol. The van der Waals surface area contributed by atoms with Crippen molar-refractivity contribution < 1.29 is 19.4 Å². The average molecular weight is 290 g/mol. The molecule has 112 valence electrons. The number of carbonyl (C=O) groups is 2. The van der Waals surface area contributed by atoms with E-state index in [0.29, 0.717) is 19.4 Å². The van der Waals surface area contributed by atoms with Crippen molar-refractivity contribution in [3.05, 3.63) is 29.8 Å². The number of hydrogen-bond acceptors (Lipinski definition) is 3. The number of para-hydroxylation sites is 1. The zero-order chi connectivity index (χ0) is 14.9. The van der Waals surface area contributed by atoms with Gasteiger partial charge in [0.2, 0.25) is 0 Å². The van der Waals surface area contributed by atoms with Gasteiger partial charge in [0, 0.05) is 12.1 Å². The molecule has 0 radical (unpaired) electrons. The molecule has 21 heavy (non-hydrogen) atoms. The fourth-order valence-corrected chi connectivity index (χ4v) is 2.81. The number of carboxylic acids is 1. The summed E-state index contributed by atoms with van der Waals surface area (Å²) in [6.07, 6.45) is 2.15. The Labute approximate surface area is 122 Å². The van der Waals surface area contributed by atoms with Crippen molar-refractivity contribution in [2.24, 2.45) is 5.41 Å². The number of aliphatic carboxylic acids is 1. The van der Waals surface area contributed by atoms with Gasteiger partial charge in [0.05, 0.1) is 11.5 Å². The summed E-state index contributed by atoms with van der Waals surface area (Å²) >= 11 is 0. The van der Waals surface area contributed by atoms with Crippen LogP contribution in [-0.2, 0) is 4.79 Å². The van der Waals surface area contributed by atoms with Gasteiger partial charge in [-0.15, -0.1) is 0 Å². The van der Waals surface area contributed by atoms with Crippen molar-refractivity contribution in [2.45, 2.75) is 25.3 Å². The first-order valence-corrected chi connectivity index (χ1v) is 7.10. The highest BCUT2D eigenvalue weighted by atomic mass is 16.5. The normalized spacial score (nSPS) is 21.6. The molecule has 1 unspecified atom stereocenters. The van der Waals surface area contributed by atoms with E-state index >= 15 is 0 Å². The molecule has 3 N–H and O–H groups in total. The molecule has 0 spiro atoms. The van der Waals surface area contributed by atoms with Gasteiger partial charge < -0.3 is 20.5 Å². The molecule has 1 aliphatic carbocycles. The van der Waals surface area contributed by atoms with Crippen molar-refractivity contribution in [2.75, 3.05) is 13.2 Å². The third kappa shape index (κ3) is 2.53. The summed E-state index contributed by atoms with van der Waals surface area (Å²) in [5.41, 5.74) is 0.172. The van der Waals surface area contributed by atoms with E-state index in [1.807, 2.05) is 24.3 Å². The van der Waals surface area contributed by atoms with Crippen LogP contribution in [0.2, 0.25) is 0 Å². The van der Waals surface area contributed by atoms with Crippen LogP contribution >= 0.6 is 0 Å². The monoisotopic (exact) mass is 290 g/mol. The molecule has 2 aliphatic rings. The van der Waals surface area contributed by atoms with E-state index in [-0.39, 0.29) is 18.6 Å². The minimum Gasteiger partial charge on any atom is -0.491 e. The van der Waals surface area contributed by atoms with E-state index in [1.165, 1.54) is 0 Å². The molecule has 0 bridgehead atoms. The number of nitrogens with one attached hydrogen (secondary N) is 2. The molecule has 1 atom stereocenters. The fraction of sp³-hybridized carbons (Fsp3) is 0.467. The summed E-state index contributed by atoms with van der Waals surface area (Å²) in [6, 6.07) is 7.01. The first-order chi connectivity index (χ1) is 10.1. The van der Waals surface area contributed by atoms with Crippen molar-refractivity contribution >= 4 is 12.0 Å². The van der Waals surface area contributed by atoms with E-state index in [2.05, 4.69) is 10.6 Å². The number of amides is 2. The molecule has 6 heteroatoms. The van der Waals surface area contributed by atoms with Crippen LogP contribution in [0.15, 0.2) is 24.3 Å². The highest BCUT2D eigenvalue weighted by Crippen LogP contribution is 2.40. The van der Waals surface area contributed by atoms with Gasteiger partial charge in [-0.25, -0.2) is 4.79 Å². The summed E-state index contributed by atoms with van der Waals surface area (Å²) in [6.45, 7) is 0.570. The topological polar surface area (TPSA) is 87.7 Å². The second-order valence-corrected chi connectivity index (χ2v) is 5.67. The van der Waals surface area contributed by atoms with Crippen LogP contribution in [-0.4, -0.2) is 30.3 Å². The maximum Gasteiger partial charge on any atom is 0.315 e. The summed E-state index contributed by atoms with van der Waals surface area (Å²) in [5, 5.41) is 14.7. The number of carbonyl (C=O) groups excluding carboxylic acids is 1. The van der Waals surface area contributed by atoms with Crippen molar-refractivity contribution in [1.82, 2.24) is 10.6 Å². The van der Waals surface area contributed by atoms with Gasteiger partial charge >= 0.3 is 12.0 Å². The van der Waals surface area contributed by atoms with Gasteiger partial charge in [0.25, 0.3) is 0 Å². The number of urea groups is 1. The number of hydrogen-bond donors (Lipinski definition) is 3. The number of ether oxygens (including phenoxy) is 1. The fourth-order valence-electron chi connectivity index (χ4n) is 2.81. The van der Waals surface area contributed by atoms with Gasteiger partial charge in [-0.05, 0) is 18.9 Å². The van der Waals surface area contributed by atoms with Gasteiger partial charge in [0.15, 0.2) is 0 Å². The smallest absolute Gasteiger partial charge is 0.315 e. The molecular formula is C15H18N2O4. The lowest BCUT2D eigenvalue weighted by Gasteiger charge is -2.37. The number of fused-ring (bicyclic) bond motifs is 1. The van der Waals surface area contributed by atoms with E-state index in [1.54, 1.807) is 0 Å². The van der Waals surface area contributed by atoms with E-state index in [9.17, 15) is 14.7 Å². The summed E-state index contributed by atoms with van der Waals surface area (Å²) in [7, 11) is 0. The Kier molecular flexibility index (Phi) is 3.45. The average Bonchev–Trinajstić information content (AvgIpc) is 2.81. The minimum absolute atomic E-state index is 0.170. The molecule has 3 rings (SSSR count). The molecule has 2 amide bonds. The number of benzene rings is 1. The third-order valence-corrected chi connectivity index (χ3v) is 4.36. The van der Waals surface area contributed by atoms with Crippen LogP contribution in [0.3, 0.4) is 0 Å². The zero-order valence-electron chi connectivity index (χ0n) is 11.6. The number of carboxylic acid groups (broad SMARTS) is 1. The SMILES string of the molecule is O=C(NCC1(C(=O)O)CCC1)NC1COc2ccccc21. The Bertz CT molecular complexity index is 569. The Morgan fingerprint density at radius 2 is 2.10 bits per heavy atom.